The molecule has 2 aliphatic rings. The van der Waals surface area contributed by atoms with Crippen molar-refractivity contribution in [2.75, 3.05) is 7.11 Å². The molecular formula is C25H29ClN4O3S. The first-order chi connectivity index (χ1) is 16.5. The Bertz CT molecular complexity index is 1170. The van der Waals surface area contributed by atoms with Crippen LogP contribution in [-0.2, 0) is 22.5 Å². The van der Waals surface area contributed by atoms with Crippen LogP contribution in [0.3, 0.4) is 0 Å². The van der Waals surface area contributed by atoms with Crippen LogP contribution in [0.15, 0.2) is 24.4 Å². The molecule has 2 atom stereocenters. The van der Waals surface area contributed by atoms with E-state index in [-0.39, 0.29) is 18.0 Å². The quantitative estimate of drug-likeness (QED) is 0.381. The average molecular weight is 501 g/mol. The molecule has 7 nitrogen and oxygen atoms in total. The van der Waals surface area contributed by atoms with Crippen molar-refractivity contribution in [2.45, 2.75) is 64.5 Å². The van der Waals surface area contributed by atoms with E-state index in [1.165, 1.54) is 31.3 Å². The zero-order valence-electron chi connectivity index (χ0n) is 19.5. The van der Waals surface area contributed by atoms with Gasteiger partial charge in [-0.05, 0) is 81.5 Å². The number of ether oxygens (including phenoxy) is 2. The monoisotopic (exact) mass is 500 g/mol. The van der Waals surface area contributed by atoms with E-state index in [1.807, 2.05) is 36.0 Å². The number of carbonyl (C=O) groups is 1. The number of aryl methyl sites for hydroxylation is 1. The lowest BCUT2D eigenvalue weighted by Crippen LogP contribution is -2.30. The maximum absolute atomic E-state index is 11.9. The second kappa shape index (κ2) is 10.0. The van der Waals surface area contributed by atoms with Crippen LogP contribution in [0.5, 0.6) is 5.75 Å². The number of esters is 1. The Balaban J connectivity index is 1.29. The van der Waals surface area contributed by atoms with Gasteiger partial charge in [0.05, 0.1) is 52.0 Å². The summed E-state index contributed by atoms with van der Waals surface area (Å²) in [6.07, 6.45) is 9.07. The zero-order valence-corrected chi connectivity index (χ0v) is 21.1. The summed E-state index contributed by atoms with van der Waals surface area (Å²) in [5.74, 6) is 1.30. The SMILES string of the molecule is COC(=O)[C@H]1CCC[C@H](Oc2ccc(-c3sc(Cl)cc3Cn3cc(CC4CC4)nn3)nc2C)C1. The molecule has 2 aliphatic carbocycles. The molecule has 0 aliphatic heterocycles. The van der Waals surface area contributed by atoms with Crippen LogP contribution in [0.2, 0.25) is 4.34 Å². The number of nitrogens with zero attached hydrogens (tertiary/aromatic N) is 4. The van der Waals surface area contributed by atoms with Crippen molar-refractivity contribution in [3.05, 3.63) is 45.7 Å². The Kier molecular flexibility index (Phi) is 6.88. The van der Waals surface area contributed by atoms with E-state index >= 15 is 0 Å². The van der Waals surface area contributed by atoms with E-state index < -0.39 is 0 Å². The minimum absolute atomic E-state index is 0.00639. The molecule has 5 rings (SSSR count). The van der Waals surface area contributed by atoms with Gasteiger partial charge in [0.1, 0.15) is 5.75 Å². The molecule has 0 radical (unpaired) electrons. The molecule has 0 unspecified atom stereocenters. The molecule has 0 spiro atoms. The maximum atomic E-state index is 11.9. The molecule has 34 heavy (non-hydrogen) atoms. The summed E-state index contributed by atoms with van der Waals surface area (Å²) in [4.78, 5) is 17.8. The second-order valence-corrected chi connectivity index (χ2v) is 11.0. The minimum atomic E-state index is -0.146. The van der Waals surface area contributed by atoms with Crippen molar-refractivity contribution < 1.29 is 14.3 Å². The summed E-state index contributed by atoms with van der Waals surface area (Å²) in [6, 6.07) is 5.94. The van der Waals surface area contributed by atoms with Crippen LogP contribution in [0.25, 0.3) is 10.6 Å². The average Bonchev–Trinajstić information content (AvgIpc) is 3.42. The number of rotatable bonds is 8. The number of halogens is 1. The first-order valence-electron chi connectivity index (χ1n) is 11.9. The second-order valence-electron chi connectivity index (χ2n) is 9.37. The Morgan fingerprint density at radius 2 is 2.12 bits per heavy atom. The van der Waals surface area contributed by atoms with Crippen molar-refractivity contribution in [3.8, 4) is 16.3 Å². The number of hydrogen-bond donors (Lipinski definition) is 0. The predicted octanol–water partition coefficient (Wildman–Crippen LogP) is 5.47. The number of methoxy groups -OCH3 is 1. The van der Waals surface area contributed by atoms with E-state index in [0.717, 1.165) is 69.2 Å². The fourth-order valence-electron chi connectivity index (χ4n) is 4.64. The third-order valence-corrected chi connectivity index (χ3v) is 7.95. The Labute approximate surface area is 208 Å². The summed E-state index contributed by atoms with van der Waals surface area (Å²) < 4.78 is 13.8. The predicted molar refractivity (Wildman–Crippen MR) is 131 cm³/mol. The van der Waals surface area contributed by atoms with Gasteiger partial charge >= 0.3 is 5.97 Å². The molecule has 2 fully saturated rings. The lowest BCUT2D eigenvalue weighted by Gasteiger charge is -2.28. The van der Waals surface area contributed by atoms with Gasteiger partial charge in [-0.25, -0.2) is 9.67 Å². The van der Waals surface area contributed by atoms with E-state index in [0.29, 0.717) is 13.0 Å². The third-order valence-electron chi connectivity index (χ3n) is 6.62. The molecule has 3 aromatic rings. The van der Waals surface area contributed by atoms with Gasteiger partial charge in [-0.15, -0.1) is 16.4 Å². The van der Waals surface area contributed by atoms with Gasteiger partial charge in [0.15, 0.2) is 0 Å². The van der Waals surface area contributed by atoms with Gasteiger partial charge in [-0.3, -0.25) is 4.79 Å². The number of pyridine rings is 1. The van der Waals surface area contributed by atoms with Gasteiger partial charge in [0, 0.05) is 6.20 Å². The molecular weight excluding hydrogens is 472 g/mol. The van der Waals surface area contributed by atoms with Crippen LogP contribution < -0.4 is 4.74 Å². The zero-order chi connectivity index (χ0) is 23.7. The Morgan fingerprint density at radius 3 is 2.88 bits per heavy atom. The van der Waals surface area contributed by atoms with Gasteiger partial charge in [-0.2, -0.15) is 0 Å². The molecule has 3 heterocycles. The van der Waals surface area contributed by atoms with E-state index in [4.69, 9.17) is 26.1 Å². The number of thiophene rings is 1. The fraction of sp³-hybridized carbons (Fsp3) is 0.520. The number of carbonyl (C=O) groups excluding carboxylic acids is 1. The van der Waals surface area contributed by atoms with Crippen molar-refractivity contribution >= 4 is 28.9 Å². The van der Waals surface area contributed by atoms with E-state index in [9.17, 15) is 4.79 Å². The summed E-state index contributed by atoms with van der Waals surface area (Å²) in [5.41, 5.74) is 3.82. The molecule has 0 saturated heterocycles. The smallest absolute Gasteiger partial charge is 0.308 e. The largest absolute Gasteiger partial charge is 0.489 e. The van der Waals surface area contributed by atoms with Gasteiger partial charge in [-0.1, -0.05) is 16.8 Å². The Hall–Kier alpha value is -2.45. The summed E-state index contributed by atoms with van der Waals surface area (Å²) in [7, 11) is 1.45. The van der Waals surface area contributed by atoms with Crippen molar-refractivity contribution in [3.63, 3.8) is 0 Å². The highest BCUT2D eigenvalue weighted by molar-refractivity contribution is 7.19. The fourth-order valence-corrected chi connectivity index (χ4v) is 5.87. The van der Waals surface area contributed by atoms with Crippen LogP contribution in [0, 0.1) is 18.8 Å². The first kappa shape index (κ1) is 23.3. The lowest BCUT2D eigenvalue weighted by molar-refractivity contribution is -0.147. The molecule has 2 saturated carbocycles. The van der Waals surface area contributed by atoms with Crippen LogP contribution in [-0.4, -0.2) is 39.2 Å². The first-order valence-corrected chi connectivity index (χ1v) is 13.1. The highest BCUT2D eigenvalue weighted by Crippen LogP contribution is 2.37. The number of hydrogen-bond acceptors (Lipinski definition) is 7. The minimum Gasteiger partial charge on any atom is -0.489 e. The Morgan fingerprint density at radius 1 is 1.26 bits per heavy atom. The summed E-state index contributed by atoms with van der Waals surface area (Å²) >= 11 is 7.92. The molecule has 0 amide bonds. The van der Waals surface area contributed by atoms with E-state index in [1.54, 1.807) is 0 Å². The third kappa shape index (κ3) is 5.44. The lowest BCUT2D eigenvalue weighted by atomic mass is 9.87. The van der Waals surface area contributed by atoms with Crippen LogP contribution in [0.1, 0.15) is 55.5 Å². The normalized spacial score (nSPS) is 20.3. The molecule has 9 heteroatoms. The van der Waals surface area contributed by atoms with Gasteiger partial charge in [0.2, 0.25) is 0 Å². The van der Waals surface area contributed by atoms with E-state index in [2.05, 4.69) is 10.3 Å². The van der Waals surface area contributed by atoms with Crippen molar-refractivity contribution in [2.24, 2.45) is 11.8 Å². The maximum Gasteiger partial charge on any atom is 0.308 e. The van der Waals surface area contributed by atoms with Gasteiger partial charge in [0.25, 0.3) is 0 Å². The van der Waals surface area contributed by atoms with Crippen molar-refractivity contribution in [1.29, 1.82) is 0 Å². The highest BCUT2D eigenvalue weighted by Gasteiger charge is 2.29. The van der Waals surface area contributed by atoms with Crippen LogP contribution >= 0.6 is 22.9 Å². The highest BCUT2D eigenvalue weighted by atomic mass is 35.5. The standard InChI is InChI=1S/C25H29ClN4O3S/c1-15-22(33-20-5-3-4-17(11-20)25(31)32-2)9-8-21(27-15)24-18(12-23(26)34-24)13-30-14-19(28-29-30)10-16-6-7-16/h8-9,12,14,16-17,20H,3-7,10-11,13H2,1-2H3/t17-,20-/m0/s1. The van der Waals surface area contributed by atoms with Crippen molar-refractivity contribution in [1.82, 2.24) is 20.0 Å². The van der Waals surface area contributed by atoms with Crippen LogP contribution in [0.4, 0.5) is 0 Å². The molecule has 3 aromatic heterocycles. The topological polar surface area (TPSA) is 79.1 Å². The number of aromatic nitrogens is 4. The summed E-state index contributed by atoms with van der Waals surface area (Å²) in [6.45, 7) is 2.56. The van der Waals surface area contributed by atoms with Gasteiger partial charge < -0.3 is 9.47 Å². The molecule has 0 bridgehead atoms. The molecule has 0 N–H and O–H groups in total. The molecule has 0 aromatic carbocycles. The molecule has 180 valence electrons. The summed E-state index contributed by atoms with van der Waals surface area (Å²) in [5, 5.41) is 8.64.